The van der Waals surface area contributed by atoms with E-state index in [1.165, 1.54) is 16.9 Å². The van der Waals surface area contributed by atoms with E-state index in [0.29, 0.717) is 11.6 Å². The maximum Gasteiger partial charge on any atom is 0.226 e. The molecule has 2 aromatic carbocycles. The second-order valence-corrected chi connectivity index (χ2v) is 9.61. The van der Waals surface area contributed by atoms with Crippen molar-refractivity contribution >= 4 is 28.8 Å². The number of nitrogens with one attached hydrogen (secondary N) is 1. The summed E-state index contributed by atoms with van der Waals surface area (Å²) in [4.78, 5) is 19.4. The van der Waals surface area contributed by atoms with Crippen LogP contribution in [0.15, 0.2) is 53.9 Å². The Hall–Kier alpha value is -2.25. The summed E-state index contributed by atoms with van der Waals surface area (Å²) in [7, 11) is 0. The number of morpholine rings is 1. The molecule has 2 heterocycles. The minimum atomic E-state index is -0.0404. The highest BCUT2D eigenvalue weighted by Crippen LogP contribution is 2.30. The molecule has 32 heavy (non-hydrogen) atoms. The molecule has 4 rings (SSSR count). The fourth-order valence-electron chi connectivity index (χ4n) is 4.01. The van der Waals surface area contributed by atoms with E-state index in [1.807, 2.05) is 29.6 Å². The fraction of sp³-hybridized carbons (Fsp3) is 0.360. The summed E-state index contributed by atoms with van der Waals surface area (Å²) in [5.41, 5.74) is 4.01. The number of carbonyl (C=O) groups is 1. The van der Waals surface area contributed by atoms with Crippen LogP contribution in [-0.4, -0.2) is 41.1 Å². The van der Waals surface area contributed by atoms with E-state index in [0.717, 1.165) is 41.5 Å². The Balaban J connectivity index is 1.26. The highest BCUT2D eigenvalue weighted by Gasteiger charge is 2.22. The molecule has 1 aliphatic rings. The summed E-state index contributed by atoms with van der Waals surface area (Å²) >= 11 is 7.75. The third-order valence-electron chi connectivity index (χ3n) is 5.41. The van der Waals surface area contributed by atoms with Gasteiger partial charge < -0.3 is 10.1 Å². The van der Waals surface area contributed by atoms with Crippen molar-refractivity contribution in [3.8, 4) is 10.6 Å². The lowest BCUT2D eigenvalue weighted by Gasteiger charge is -2.35. The van der Waals surface area contributed by atoms with Gasteiger partial charge in [-0.05, 0) is 31.0 Å². The van der Waals surface area contributed by atoms with E-state index in [4.69, 9.17) is 16.3 Å². The Kier molecular flexibility index (Phi) is 7.58. The topological polar surface area (TPSA) is 54.5 Å². The molecule has 3 aromatic rings. The van der Waals surface area contributed by atoms with Gasteiger partial charge in [0, 0.05) is 37.1 Å². The van der Waals surface area contributed by atoms with E-state index in [2.05, 4.69) is 53.3 Å². The van der Waals surface area contributed by atoms with Crippen molar-refractivity contribution < 1.29 is 9.53 Å². The zero-order valence-electron chi connectivity index (χ0n) is 18.4. The van der Waals surface area contributed by atoms with Crippen LogP contribution in [0.1, 0.15) is 30.7 Å². The molecule has 0 radical (unpaired) electrons. The first-order valence-corrected chi connectivity index (χ1v) is 12.1. The molecule has 1 fully saturated rings. The first-order valence-electron chi connectivity index (χ1n) is 10.9. The molecule has 1 amide bonds. The average Bonchev–Trinajstić information content (AvgIpc) is 3.21. The Morgan fingerprint density at radius 3 is 2.53 bits per heavy atom. The molecule has 1 N–H and O–H groups in total. The van der Waals surface area contributed by atoms with Crippen LogP contribution in [-0.2, 0) is 29.0 Å². The number of nitrogens with zero attached hydrogens (tertiary/aromatic N) is 2. The monoisotopic (exact) mass is 469 g/mol. The van der Waals surface area contributed by atoms with Gasteiger partial charge in [0.05, 0.1) is 29.3 Å². The molecule has 1 aromatic heterocycles. The highest BCUT2D eigenvalue weighted by atomic mass is 35.5. The third kappa shape index (κ3) is 6.17. The molecule has 7 heteroatoms. The van der Waals surface area contributed by atoms with Crippen molar-refractivity contribution in [1.82, 2.24) is 15.2 Å². The van der Waals surface area contributed by atoms with Gasteiger partial charge in [0.2, 0.25) is 5.91 Å². The molecule has 2 unspecified atom stereocenters. The molecule has 1 aliphatic heterocycles. The maximum absolute atomic E-state index is 12.4. The fourth-order valence-corrected chi connectivity index (χ4v) is 5.15. The lowest BCUT2D eigenvalue weighted by molar-refractivity contribution is -0.120. The predicted octanol–water partition coefficient (Wildman–Crippen LogP) is 4.93. The molecule has 168 valence electrons. The number of carbonyl (C=O) groups excluding carboxylic acids is 1. The van der Waals surface area contributed by atoms with Crippen molar-refractivity contribution in [2.45, 2.75) is 45.6 Å². The van der Waals surface area contributed by atoms with Crippen LogP contribution >= 0.6 is 22.9 Å². The first-order chi connectivity index (χ1) is 15.5. The molecule has 0 spiro atoms. The number of benzene rings is 2. The smallest absolute Gasteiger partial charge is 0.226 e. The van der Waals surface area contributed by atoms with Crippen molar-refractivity contribution in [3.05, 3.63) is 75.8 Å². The lowest BCUT2D eigenvalue weighted by atomic mass is 10.1. The van der Waals surface area contributed by atoms with Crippen LogP contribution in [0.2, 0.25) is 5.02 Å². The van der Waals surface area contributed by atoms with E-state index >= 15 is 0 Å². The van der Waals surface area contributed by atoms with E-state index in [9.17, 15) is 4.79 Å². The maximum atomic E-state index is 12.4. The van der Waals surface area contributed by atoms with E-state index in [-0.39, 0.29) is 24.5 Å². The van der Waals surface area contributed by atoms with Gasteiger partial charge in [-0.25, -0.2) is 4.98 Å². The van der Waals surface area contributed by atoms with Crippen LogP contribution in [0.25, 0.3) is 10.6 Å². The lowest BCUT2D eigenvalue weighted by Crippen LogP contribution is -2.44. The molecular formula is C25H28ClN3O2S. The summed E-state index contributed by atoms with van der Waals surface area (Å²) in [5.74, 6) is -0.0404. The van der Waals surface area contributed by atoms with E-state index in [1.54, 1.807) is 0 Å². The molecule has 5 nitrogen and oxygen atoms in total. The van der Waals surface area contributed by atoms with Crippen molar-refractivity contribution in [3.63, 3.8) is 0 Å². The standard InChI is InChI=1S/C25H28ClN3O2S/c1-17-13-29(14-18(2)31-17)15-20-9-7-19(8-10-20)12-27-24(30)11-21-16-32-25(28-21)22-5-3-4-6-23(22)26/h3-10,16-18H,11-15H2,1-2H3,(H,27,30). The predicted molar refractivity (Wildman–Crippen MR) is 130 cm³/mol. The van der Waals surface area contributed by atoms with Gasteiger partial charge in [-0.3, -0.25) is 9.69 Å². The number of amides is 1. The SMILES string of the molecule is CC1CN(Cc2ccc(CNC(=O)Cc3csc(-c4ccccc4Cl)n3)cc2)CC(C)O1. The Morgan fingerprint density at radius 2 is 1.81 bits per heavy atom. The number of aromatic nitrogens is 1. The number of halogens is 1. The van der Waals surface area contributed by atoms with Crippen molar-refractivity contribution in [1.29, 1.82) is 0 Å². The second kappa shape index (κ2) is 10.6. The van der Waals surface area contributed by atoms with Gasteiger partial charge >= 0.3 is 0 Å². The van der Waals surface area contributed by atoms with Crippen LogP contribution in [0.3, 0.4) is 0 Å². The number of thiazole rings is 1. The molecule has 2 atom stereocenters. The van der Waals surface area contributed by atoms with Gasteiger partial charge in [0.25, 0.3) is 0 Å². The number of ether oxygens (including phenoxy) is 1. The first kappa shape index (κ1) is 22.9. The summed E-state index contributed by atoms with van der Waals surface area (Å²) in [6.45, 7) is 7.58. The largest absolute Gasteiger partial charge is 0.373 e. The van der Waals surface area contributed by atoms with Gasteiger partial charge in [-0.1, -0.05) is 54.1 Å². The van der Waals surface area contributed by atoms with Crippen molar-refractivity contribution in [2.24, 2.45) is 0 Å². The summed E-state index contributed by atoms with van der Waals surface area (Å²) in [5, 5.41) is 6.41. The number of rotatable bonds is 7. The van der Waals surface area contributed by atoms with Crippen LogP contribution in [0.5, 0.6) is 0 Å². The van der Waals surface area contributed by atoms with Gasteiger partial charge in [-0.2, -0.15) is 0 Å². The molecule has 0 bridgehead atoms. The summed E-state index contributed by atoms with van der Waals surface area (Å²) < 4.78 is 5.81. The van der Waals surface area contributed by atoms with E-state index < -0.39 is 0 Å². The van der Waals surface area contributed by atoms with Crippen LogP contribution in [0.4, 0.5) is 0 Å². The van der Waals surface area contributed by atoms with Crippen molar-refractivity contribution in [2.75, 3.05) is 13.1 Å². The molecule has 0 saturated carbocycles. The Labute approximate surface area is 198 Å². The summed E-state index contributed by atoms with van der Waals surface area (Å²) in [6, 6.07) is 16.1. The van der Waals surface area contributed by atoms with Gasteiger partial charge in [0.15, 0.2) is 0 Å². The zero-order chi connectivity index (χ0) is 22.5. The highest BCUT2D eigenvalue weighted by molar-refractivity contribution is 7.13. The normalized spacial score (nSPS) is 19.1. The Bertz CT molecular complexity index is 1040. The zero-order valence-corrected chi connectivity index (χ0v) is 20.0. The average molecular weight is 470 g/mol. The molecule has 1 saturated heterocycles. The molecule has 0 aliphatic carbocycles. The Morgan fingerprint density at radius 1 is 1.12 bits per heavy atom. The second-order valence-electron chi connectivity index (χ2n) is 8.35. The third-order valence-corrected chi connectivity index (χ3v) is 6.67. The minimum Gasteiger partial charge on any atom is -0.373 e. The number of hydrogen-bond donors (Lipinski definition) is 1. The van der Waals surface area contributed by atoms with Crippen LogP contribution < -0.4 is 5.32 Å². The summed E-state index contributed by atoms with van der Waals surface area (Å²) in [6.07, 6.45) is 0.797. The van der Waals surface area contributed by atoms with Crippen LogP contribution in [0, 0.1) is 0 Å². The quantitative estimate of drug-likeness (QED) is 0.533. The minimum absolute atomic E-state index is 0.0404. The van der Waals surface area contributed by atoms with Gasteiger partial charge in [-0.15, -0.1) is 11.3 Å². The van der Waals surface area contributed by atoms with Gasteiger partial charge in [0.1, 0.15) is 5.01 Å². The molecular weight excluding hydrogens is 442 g/mol. The number of hydrogen-bond acceptors (Lipinski definition) is 5.